The molecule has 0 fully saturated rings. The highest BCUT2D eigenvalue weighted by molar-refractivity contribution is 7.93. The Hall–Kier alpha value is -2.48. The fourth-order valence-electron chi connectivity index (χ4n) is 2.65. The summed E-state index contributed by atoms with van der Waals surface area (Å²) in [5.74, 6) is -2.85. The van der Waals surface area contributed by atoms with Crippen molar-refractivity contribution in [1.82, 2.24) is 0 Å². The van der Waals surface area contributed by atoms with Gasteiger partial charge in [0.25, 0.3) is 10.0 Å². The highest BCUT2D eigenvalue weighted by atomic mass is 32.2. The van der Waals surface area contributed by atoms with Crippen LogP contribution in [0.25, 0.3) is 0 Å². The molecule has 0 spiro atoms. The van der Waals surface area contributed by atoms with Crippen LogP contribution in [-0.2, 0) is 21.2 Å². The SMILES string of the molecule is NC(=O)C1Cc2ccccc2N1S(=O)(=O)c1cc(F)ccc1F. The van der Waals surface area contributed by atoms with Crippen molar-refractivity contribution in [2.24, 2.45) is 5.73 Å². The standard InChI is InChI=1S/C15H12F2N2O3S/c16-10-5-6-11(17)14(8-10)23(21,22)19-12-4-2-1-3-9(12)7-13(19)15(18)20/h1-6,8,13H,7H2,(H2,18,20). The molecule has 3 rings (SSSR count). The lowest BCUT2D eigenvalue weighted by molar-refractivity contribution is -0.118. The number of sulfonamides is 1. The van der Waals surface area contributed by atoms with Gasteiger partial charge >= 0.3 is 0 Å². The van der Waals surface area contributed by atoms with Crippen LogP contribution in [0.4, 0.5) is 14.5 Å². The minimum absolute atomic E-state index is 0.0850. The summed E-state index contributed by atoms with van der Waals surface area (Å²) in [5, 5.41) is 0. The molecule has 0 radical (unpaired) electrons. The Kier molecular flexibility index (Phi) is 3.56. The largest absolute Gasteiger partial charge is 0.368 e. The minimum atomic E-state index is -4.48. The van der Waals surface area contributed by atoms with Gasteiger partial charge in [-0.15, -0.1) is 0 Å². The summed E-state index contributed by atoms with van der Waals surface area (Å²) in [4.78, 5) is 10.8. The molecule has 5 nitrogen and oxygen atoms in total. The van der Waals surface area contributed by atoms with Crippen LogP contribution < -0.4 is 10.0 Å². The Morgan fingerprint density at radius 1 is 1.17 bits per heavy atom. The second-order valence-electron chi connectivity index (χ2n) is 5.13. The number of carbonyl (C=O) groups excluding carboxylic acids is 1. The first-order chi connectivity index (χ1) is 10.8. The van der Waals surface area contributed by atoms with Gasteiger partial charge in [-0.3, -0.25) is 9.10 Å². The molecule has 0 saturated heterocycles. The molecule has 23 heavy (non-hydrogen) atoms. The lowest BCUT2D eigenvalue weighted by atomic mass is 10.1. The number of rotatable bonds is 3. The van der Waals surface area contributed by atoms with E-state index in [1.165, 1.54) is 6.07 Å². The number of benzene rings is 2. The molecule has 1 amide bonds. The number of anilines is 1. The van der Waals surface area contributed by atoms with Crippen molar-refractivity contribution in [1.29, 1.82) is 0 Å². The number of primary amides is 1. The fourth-order valence-corrected chi connectivity index (χ4v) is 4.39. The lowest BCUT2D eigenvalue weighted by Gasteiger charge is -2.25. The number of nitrogens with two attached hydrogens (primary N) is 1. The quantitative estimate of drug-likeness (QED) is 0.922. The summed E-state index contributed by atoms with van der Waals surface area (Å²) >= 11 is 0. The van der Waals surface area contributed by atoms with Crippen LogP contribution in [0.3, 0.4) is 0 Å². The maximum absolute atomic E-state index is 13.9. The van der Waals surface area contributed by atoms with Crippen molar-refractivity contribution in [3.05, 3.63) is 59.7 Å². The van der Waals surface area contributed by atoms with E-state index in [4.69, 9.17) is 5.73 Å². The van der Waals surface area contributed by atoms with E-state index in [1.807, 2.05) is 0 Å². The first-order valence-corrected chi connectivity index (χ1v) is 8.13. The molecule has 2 N–H and O–H groups in total. The monoisotopic (exact) mass is 338 g/mol. The van der Waals surface area contributed by atoms with Crippen LogP contribution in [0, 0.1) is 11.6 Å². The van der Waals surface area contributed by atoms with Crippen LogP contribution >= 0.6 is 0 Å². The maximum Gasteiger partial charge on any atom is 0.268 e. The van der Waals surface area contributed by atoms with Gasteiger partial charge in [-0.25, -0.2) is 17.2 Å². The Bertz CT molecular complexity index is 899. The number of nitrogens with zero attached hydrogens (tertiary/aromatic N) is 1. The molecule has 1 aliphatic heterocycles. The van der Waals surface area contributed by atoms with Crippen LogP contribution in [-0.4, -0.2) is 20.4 Å². The minimum Gasteiger partial charge on any atom is -0.368 e. The molecule has 120 valence electrons. The summed E-state index contributed by atoms with van der Waals surface area (Å²) in [6.07, 6.45) is 0.0850. The highest BCUT2D eigenvalue weighted by Gasteiger charge is 2.42. The molecule has 2 aromatic carbocycles. The third kappa shape index (κ3) is 2.44. The molecule has 0 saturated carbocycles. The molecule has 1 atom stereocenters. The average molecular weight is 338 g/mol. The first kappa shape index (κ1) is 15.4. The molecule has 1 unspecified atom stereocenters. The molecule has 0 aromatic heterocycles. The number of hydrogen-bond acceptors (Lipinski definition) is 3. The fraction of sp³-hybridized carbons (Fsp3) is 0.133. The molecule has 0 bridgehead atoms. The summed E-state index contributed by atoms with van der Waals surface area (Å²) in [6, 6.07) is 7.38. The predicted molar refractivity (Wildman–Crippen MR) is 79.2 cm³/mol. The zero-order chi connectivity index (χ0) is 16.8. The van der Waals surface area contributed by atoms with Crippen LogP contribution in [0.1, 0.15) is 5.56 Å². The topological polar surface area (TPSA) is 80.5 Å². The number of hydrogen-bond donors (Lipinski definition) is 1. The second-order valence-corrected chi connectivity index (χ2v) is 6.91. The van der Waals surface area contributed by atoms with E-state index in [1.54, 1.807) is 18.2 Å². The summed E-state index contributed by atoms with van der Waals surface area (Å²) in [5.41, 5.74) is 6.13. The Labute approximate surface area is 131 Å². The van der Waals surface area contributed by atoms with Gasteiger partial charge in [-0.2, -0.15) is 0 Å². The van der Waals surface area contributed by atoms with Crippen LogP contribution in [0.5, 0.6) is 0 Å². The van der Waals surface area contributed by atoms with Gasteiger partial charge < -0.3 is 5.73 Å². The lowest BCUT2D eigenvalue weighted by Crippen LogP contribution is -2.46. The number of fused-ring (bicyclic) bond motifs is 1. The highest BCUT2D eigenvalue weighted by Crippen LogP contribution is 2.37. The average Bonchev–Trinajstić information content (AvgIpc) is 2.90. The van der Waals surface area contributed by atoms with Crippen LogP contribution in [0.2, 0.25) is 0 Å². The van der Waals surface area contributed by atoms with E-state index in [9.17, 15) is 22.0 Å². The normalized spacial score (nSPS) is 17.1. The number of para-hydroxylation sites is 1. The second kappa shape index (κ2) is 5.31. The molecule has 2 aromatic rings. The molecule has 8 heteroatoms. The van der Waals surface area contributed by atoms with E-state index < -0.39 is 38.5 Å². The van der Waals surface area contributed by atoms with E-state index in [0.29, 0.717) is 11.6 Å². The number of halogens is 2. The van der Waals surface area contributed by atoms with Gasteiger partial charge in [0.1, 0.15) is 22.6 Å². The van der Waals surface area contributed by atoms with E-state index in [-0.39, 0.29) is 12.1 Å². The maximum atomic E-state index is 13.9. The van der Waals surface area contributed by atoms with Gasteiger partial charge in [-0.1, -0.05) is 18.2 Å². The van der Waals surface area contributed by atoms with Gasteiger partial charge in [0.15, 0.2) is 0 Å². The molecular weight excluding hydrogens is 326 g/mol. The summed E-state index contributed by atoms with van der Waals surface area (Å²) in [7, 11) is -4.48. The van der Waals surface area contributed by atoms with Crippen molar-refractivity contribution in [3.63, 3.8) is 0 Å². The first-order valence-electron chi connectivity index (χ1n) is 6.69. The van der Waals surface area contributed by atoms with Gasteiger partial charge in [0.2, 0.25) is 5.91 Å². The molecule has 1 heterocycles. The zero-order valence-electron chi connectivity index (χ0n) is 11.7. The Morgan fingerprint density at radius 2 is 1.87 bits per heavy atom. The Balaban J connectivity index is 2.21. The van der Waals surface area contributed by atoms with Crippen molar-refractivity contribution < 1.29 is 22.0 Å². The van der Waals surface area contributed by atoms with Crippen molar-refractivity contribution in [2.45, 2.75) is 17.4 Å². The van der Waals surface area contributed by atoms with Crippen molar-refractivity contribution in [3.8, 4) is 0 Å². The molecular formula is C15H12F2N2O3S. The third-order valence-corrected chi connectivity index (χ3v) is 5.52. The van der Waals surface area contributed by atoms with Crippen LogP contribution in [0.15, 0.2) is 47.4 Å². The van der Waals surface area contributed by atoms with E-state index in [0.717, 1.165) is 16.4 Å². The van der Waals surface area contributed by atoms with E-state index in [2.05, 4.69) is 0 Å². The van der Waals surface area contributed by atoms with E-state index >= 15 is 0 Å². The molecule has 0 aliphatic carbocycles. The van der Waals surface area contributed by atoms with Gasteiger partial charge in [0.05, 0.1) is 5.69 Å². The third-order valence-electron chi connectivity index (χ3n) is 3.68. The summed E-state index contributed by atoms with van der Waals surface area (Å²) < 4.78 is 53.7. The van der Waals surface area contributed by atoms with Gasteiger partial charge in [-0.05, 0) is 29.8 Å². The molecule has 1 aliphatic rings. The van der Waals surface area contributed by atoms with Crippen molar-refractivity contribution >= 4 is 21.6 Å². The number of amides is 1. The van der Waals surface area contributed by atoms with Gasteiger partial charge in [0, 0.05) is 6.42 Å². The smallest absolute Gasteiger partial charge is 0.268 e. The zero-order valence-corrected chi connectivity index (χ0v) is 12.6. The van der Waals surface area contributed by atoms with Crippen molar-refractivity contribution in [2.75, 3.05) is 4.31 Å². The Morgan fingerprint density at radius 3 is 2.57 bits per heavy atom. The number of carbonyl (C=O) groups is 1. The predicted octanol–water partition coefficient (Wildman–Crippen LogP) is 1.57. The summed E-state index contributed by atoms with van der Waals surface area (Å²) in [6.45, 7) is 0.